The standard InChI is InChI=1S/C20H19BrF2N2O3S/c21-15-1-4-18-14(11-15)7-10-25(18)20(26)13-5-8-24(9-6-13)29(27,28)19-12-16(22)2-3-17(19)23/h1-4,11-13H,5-10H2. The van der Waals surface area contributed by atoms with Gasteiger partial charge in [0.1, 0.15) is 16.5 Å². The molecule has 0 bridgehead atoms. The van der Waals surface area contributed by atoms with E-state index in [0.29, 0.717) is 25.5 Å². The lowest BCUT2D eigenvalue weighted by atomic mass is 9.96. The summed E-state index contributed by atoms with van der Waals surface area (Å²) in [5.74, 6) is -2.10. The predicted octanol–water partition coefficient (Wildman–Crippen LogP) is 3.72. The summed E-state index contributed by atoms with van der Waals surface area (Å²) in [4.78, 5) is 14.1. The first-order valence-corrected chi connectivity index (χ1v) is 11.6. The maximum Gasteiger partial charge on any atom is 0.246 e. The third-order valence-corrected chi connectivity index (χ3v) is 7.92. The van der Waals surface area contributed by atoms with E-state index in [1.807, 2.05) is 18.2 Å². The number of rotatable bonds is 3. The fourth-order valence-electron chi connectivity index (χ4n) is 3.98. The molecular weight excluding hydrogens is 466 g/mol. The van der Waals surface area contributed by atoms with Gasteiger partial charge >= 0.3 is 0 Å². The average molecular weight is 485 g/mol. The van der Waals surface area contributed by atoms with E-state index < -0.39 is 26.6 Å². The number of nitrogens with zero attached hydrogens (tertiary/aromatic N) is 2. The third-order valence-electron chi connectivity index (χ3n) is 5.52. The minimum absolute atomic E-state index is 0.0138. The van der Waals surface area contributed by atoms with Crippen LogP contribution >= 0.6 is 15.9 Å². The van der Waals surface area contributed by atoms with Gasteiger partial charge in [0.25, 0.3) is 0 Å². The van der Waals surface area contributed by atoms with E-state index >= 15 is 0 Å². The van der Waals surface area contributed by atoms with Gasteiger partial charge in [-0.15, -0.1) is 0 Å². The Labute approximate surface area is 176 Å². The number of carbonyl (C=O) groups excluding carboxylic acids is 1. The maximum atomic E-state index is 14.0. The van der Waals surface area contributed by atoms with Crippen molar-refractivity contribution in [2.45, 2.75) is 24.2 Å². The number of fused-ring (bicyclic) bond motifs is 1. The van der Waals surface area contributed by atoms with E-state index in [2.05, 4.69) is 15.9 Å². The van der Waals surface area contributed by atoms with E-state index in [1.54, 1.807) is 4.90 Å². The molecule has 1 amide bonds. The highest BCUT2D eigenvalue weighted by atomic mass is 79.9. The Bertz CT molecular complexity index is 1070. The molecule has 0 aromatic heterocycles. The Balaban J connectivity index is 1.46. The number of hydrogen-bond acceptors (Lipinski definition) is 3. The zero-order chi connectivity index (χ0) is 20.8. The number of piperidine rings is 1. The molecule has 2 aromatic rings. The van der Waals surface area contributed by atoms with Gasteiger partial charge < -0.3 is 4.90 Å². The summed E-state index contributed by atoms with van der Waals surface area (Å²) < 4.78 is 54.9. The molecule has 2 aliphatic heterocycles. The molecule has 2 aromatic carbocycles. The highest BCUT2D eigenvalue weighted by Gasteiger charge is 2.36. The van der Waals surface area contributed by atoms with Gasteiger partial charge in [0.2, 0.25) is 15.9 Å². The first-order chi connectivity index (χ1) is 13.8. The van der Waals surface area contributed by atoms with Gasteiger partial charge in [0.15, 0.2) is 0 Å². The summed E-state index contributed by atoms with van der Waals surface area (Å²) in [6, 6.07) is 8.20. The van der Waals surface area contributed by atoms with Crippen LogP contribution in [0.2, 0.25) is 0 Å². The van der Waals surface area contributed by atoms with Crippen LogP contribution in [-0.4, -0.2) is 38.3 Å². The second kappa shape index (κ2) is 7.77. The van der Waals surface area contributed by atoms with Crippen LogP contribution in [0.4, 0.5) is 14.5 Å². The Kier molecular flexibility index (Phi) is 5.48. The zero-order valence-electron chi connectivity index (χ0n) is 15.4. The van der Waals surface area contributed by atoms with Gasteiger partial charge in [-0.05, 0) is 61.2 Å². The number of anilines is 1. The van der Waals surface area contributed by atoms with Crippen molar-refractivity contribution in [2.24, 2.45) is 5.92 Å². The largest absolute Gasteiger partial charge is 0.312 e. The van der Waals surface area contributed by atoms with Gasteiger partial charge in [0.05, 0.1) is 0 Å². The molecular formula is C20H19BrF2N2O3S. The number of halogens is 3. The fourth-order valence-corrected chi connectivity index (χ4v) is 5.93. The molecule has 0 radical (unpaired) electrons. The summed E-state index contributed by atoms with van der Waals surface area (Å²) in [5, 5.41) is 0. The van der Waals surface area contributed by atoms with Gasteiger partial charge in [-0.2, -0.15) is 4.31 Å². The zero-order valence-corrected chi connectivity index (χ0v) is 17.8. The summed E-state index contributed by atoms with van der Waals surface area (Å²) in [6.07, 6.45) is 1.47. The Morgan fingerprint density at radius 1 is 1.03 bits per heavy atom. The number of carbonyl (C=O) groups is 1. The van der Waals surface area contributed by atoms with Crippen molar-refractivity contribution in [3.63, 3.8) is 0 Å². The van der Waals surface area contributed by atoms with Crippen LogP contribution in [0.15, 0.2) is 45.8 Å². The third kappa shape index (κ3) is 3.83. The highest BCUT2D eigenvalue weighted by Crippen LogP contribution is 2.34. The van der Waals surface area contributed by atoms with Crippen molar-refractivity contribution >= 4 is 37.5 Å². The van der Waals surface area contributed by atoms with E-state index in [-0.39, 0.29) is 24.9 Å². The summed E-state index contributed by atoms with van der Waals surface area (Å²) in [7, 11) is -4.15. The number of amides is 1. The molecule has 5 nitrogen and oxygen atoms in total. The summed E-state index contributed by atoms with van der Waals surface area (Å²) in [5.41, 5.74) is 2.00. The van der Waals surface area contributed by atoms with Crippen LogP contribution in [0.3, 0.4) is 0 Å². The average Bonchev–Trinajstić information content (AvgIpc) is 3.12. The lowest BCUT2D eigenvalue weighted by Gasteiger charge is -2.32. The van der Waals surface area contributed by atoms with Crippen molar-refractivity contribution in [3.8, 4) is 0 Å². The van der Waals surface area contributed by atoms with Gasteiger partial charge in [-0.25, -0.2) is 17.2 Å². The second-order valence-electron chi connectivity index (χ2n) is 7.27. The summed E-state index contributed by atoms with van der Waals surface area (Å²) in [6.45, 7) is 0.795. The number of hydrogen-bond donors (Lipinski definition) is 0. The number of benzene rings is 2. The van der Waals surface area contributed by atoms with E-state index in [1.165, 1.54) is 0 Å². The van der Waals surface area contributed by atoms with Crippen LogP contribution in [0.1, 0.15) is 18.4 Å². The Morgan fingerprint density at radius 2 is 1.76 bits per heavy atom. The first-order valence-electron chi connectivity index (χ1n) is 9.32. The molecule has 4 rings (SSSR count). The van der Waals surface area contributed by atoms with E-state index in [4.69, 9.17) is 0 Å². The minimum Gasteiger partial charge on any atom is -0.312 e. The monoisotopic (exact) mass is 484 g/mol. The molecule has 0 spiro atoms. The smallest absolute Gasteiger partial charge is 0.246 e. The van der Waals surface area contributed by atoms with Crippen LogP contribution in [0.5, 0.6) is 0 Å². The molecule has 1 fully saturated rings. The van der Waals surface area contributed by atoms with Crippen molar-refractivity contribution in [3.05, 3.63) is 58.1 Å². The molecule has 0 saturated carbocycles. The molecule has 0 aliphatic carbocycles. The predicted molar refractivity (Wildman–Crippen MR) is 108 cm³/mol. The summed E-state index contributed by atoms with van der Waals surface area (Å²) >= 11 is 3.44. The van der Waals surface area contributed by atoms with Crippen molar-refractivity contribution < 1.29 is 22.0 Å². The van der Waals surface area contributed by atoms with Crippen molar-refractivity contribution in [1.29, 1.82) is 0 Å². The molecule has 0 atom stereocenters. The van der Waals surface area contributed by atoms with Gasteiger partial charge in [-0.1, -0.05) is 15.9 Å². The van der Waals surface area contributed by atoms with Crippen molar-refractivity contribution in [2.75, 3.05) is 24.5 Å². The molecule has 2 aliphatic rings. The highest BCUT2D eigenvalue weighted by molar-refractivity contribution is 9.10. The van der Waals surface area contributed by atoms with Gasteiger partial charge in [-0.3, -0.25) is 4.79 Å². The van der Waals surface area contributed by atoms with Crippen LogP contribution in [0.25, 0.3) is 0 Å². The molecule has 154 valence electrons. The molecule has 0 unspecified atom stereocenters. The quantitative estimate of drug-likeness (QED) is 0.666. The normalized spacial score (nSPS) is 18.1. The lowest BCUT2D eigenvalue weighted by Crippen LogP contribution is -2.44. The van der Waals surface area contributed by atoms with E-state index in [9.17, 15) is 22.0 Å². The Hall–Kier alpha value is -1.84. The number of sulfonamides is 1. The van der Waals surface area contributed by atoms with E-state index in [0.717, 1.165) is 38.6 Å². The van der Waals surface area contributed by atoms with Crippen LogP contribution in [0, 0.1) is 17.6 Å². The van der Waals surface area contributed by atoms with Crippen molar-refractivity contribution in [1.82, 2.24) is 4.31 Å². The molecule has 0 N–H and O–H groups in total. The first kappa shape index (κ1) is 20.4. The second-order valence-corrected chi connectivity index (χ2v) is 10.1. The topological polar surface area (TPSA) is 57.7 Å². The van der Waals surface area contributed by atoms with Crippen LogP contribution < -0.4 is 4.90 Å². The van der Waals surface area contributed by atoms with Gasteiger partial charge in [0, 0.05) is 35.7 Å². The maximum absolute atomic E-state index is 14.0. The Morgan fingerprint density at radius 3 is 2.48 bits per heavy atom. The molecule has 9 heteroatoms. The molecule has 2 heterocycles. The minimum atomic E-state index is -4.15. The lowest BCUT2D eigenvalue weighted by molar-refractivity contribution is -0.123. The molecule has 1 saturated heterocycles. The fraction of sp³-hybridized carbons (Fsp3) is 0.350. The molecule has 29 heavy (non-hydrogen) atoms. The van der Waals surface area contributed by atoms with Crippen LogP contribution in [-0.2, 0) is 21.2 Å². The SMILES string of the molecule is O=C(C1CCN(S(=O)(=O)c2cc(F)ccc2F)CC1)N1CCc2cc(Br)ccc21.